The van der Waals surface area contributed by atoms with Crippen LogP contribution in [0.25, 0.3) is 0 Å². The van der Waals surface area contributed by atoms with E-state index in [9.17, 15) is 13.2 Å². The summed E-state index contributed by atoms with van der Waals surface area (Å²) in [5, 5.41) is 0.700. The van der Waals surface area contributed by atoms with Gasteiger partial charge >= 0.3 is 5.97 Å². The van der Waals surface area contributed by atoms with Gasteiger partial charge in [-0.3, -0.25) is 4.79 Å². The van der Waals surface area contributed by atoms with Crippen LogP contribution in [0.15, 0.2) is 23.1 Å². The number of esters is 1. The van der Waals surface area contributed by atoms with Crippen molar-refractivity contribution in [1.82, 2.24) is 0 Å². The highest BCUT2D eigenvalue weighted by Crippen LogP contribution is 2.20. The van der Waals surface area contributed by atoms with Crippen molar-refractivity contribution in [2.75, 3.05) is 5.33 Å². The summed E-state index contributed by atoms with van der Waals surface area (Å²) >= 11 is 3.28. The molecule has 4 nitrogen and oxygen atoms in total. The smallest absolute Gasteiger partial charge is 0.302 e. The second-order valence-electron chi connectivity index (χ2n) is 3.64. The second-order valence-corrected chi connectivity index (χ2v) is 7.00. The van der Waals surface area contributed by atoms with Crippen molar-refractivity contribution in [2.45, 2.75) is 24.8 Å². The van der Waals surface area contributed by atoms with Crippen LogP contribution in [-0.4, -0.2) is 19.7 Å². The molecule has 0 radical (unpaired) electrons. The molecule has 0 saturated heterocycles. The maximum atomic E-state index is 11.3. The molecule has 0 amide bonds. The summed E-state index contributed by atoms with van der Waals surface area (Å²) in [6.07, 6.45) is 0.660. The molecule has 1 aromatic rings. The number of carbonyl (C=O) groups excluding carboxylic acids is 1. The molecular weight excluding hydrogens is 344 g/mol. The van der Waals surface area contributed by atoms with Gasteiger partial charge in [0.1, 0.15) is 6.61 Å². The predicted octanol–water partition coefficient (Wildman–Crippen LogP) is 2.61. The van der Waals surface area contributed by atoms with Gasteiger partial charge in [0.2, 0.25) is 0 Å². The van der Waals surface area contributed by atoms with Gasteiger partial charge in [0, 0.05) is 22.9 Å². The molecule has 0 N–H and O–H groups in total. The van der Waals surface area contributed by atoms with Crippen molar-refractivity contribution < 1.29 is 17.9 Å². The summed E-state index contributed by atoms with van der Waals surface area (Å²) < 4.78 is 27.5. The second kappa shape index (κ2) is 6.54. The SMILES string of the molecule is CC(=O)OCc1cc(CCBr)cc(S(=O)(=O)Cl)c1. The topological polar surface area (TPSA) is 60.4 Å². The number of benzene rings is 1. The Morgan fingerprint density at radius 3 is 2.44 bits per heavy atom. The molecule has 0 atom stereocenters. The maximum Gasteiger partial charge on any atom is 0.302 e. The fourth-order valence-corrected chi connectivity index (χ4v) is 2.70. The monoisotopic (exact) mass is 354 g/mol. The van der Waals surface area contributed by atoms with Crippen LogP contribution in [0.2, 0.25) is 0 Å². The molecule has 0 fully saturated rings. The van der Waals surface area contributed by atoms with Crippen molar-refractivity contribution >= 4 is 41.6 Å². The van der Waals surface area contributed by atoms with E-state index in [-0.39, 0.29) is 11.5 Å². The van der Waals surface area contributed by atoms with E-state index in [1.54, 1.807) is 6.07 Å². The Hall–Kier alpha value is -0.590. The lowest BCUT2D eigenvalue weighted by Crippen LogP contribution is -2.02. The van der Waals surface area contributed by atoms with E-state index >= 15 is 0 Å². The summed E-state index contributed by atoms with van der Waals surface area (Å²) in [7, 11) is 1.53. The first kappa shape index (κ1) is 15.5. The lowest BCUT2D eigenvalue weighted by Gasteiger charge is -2.07. The molecule has 1 rings (SSSR count). The normalized spacial score (nSPS) is 11.3. The highest BCUT2D eigenvalue weighted by Gasteiger charge is 2.13. The summed E-state index contributed by atoms with van der Waals surface area (Å²) in [6, 6.07) is 4.71. The molecule has 0 spiro atoms. The van der Waals surface area contributed by atoms with Crippen LogP contribution in [0.5, 0.6) is 0 Å². The highest BCUT2D eigenvalue weighted by atomic mass is 79.9. The van der Waals surface area contributed by atoms with E-state index in [0.29, 0.717) is 17.3 Å². The number of rotatable bonds is 5. The minimum Gasteiger partial charge on any atom is -0.461 e. The van der Waals surface area contributed by atoms with Crippen LogP contribution in [-0.2, 0) is 31.6 Å². The van der Waals surface area contributed by atoms with Crippen molar-refractivity contribution in [3.8, 4) is 0 Å². The van der Waals surface area contributed by atoms with Crippen molar-refractivity contribution in [3.05, 3.63) is 29.3 Å². The highest BCUT2D eigenvalue weighted by molar-refractivity contribution is 9.09. The Morgan fingerprint density at radius 1 is 1.33 bits per heavy atom. The van der Waals surface area contributed by atoms with E-state index in [1.807, 2.05) is 0 Å². The fraction of sp³-hybridized carbons (Fsp3) is 0.364. The number of halogens is 2. The minimum atomic E-state index is -3.79. The molecule has 18 heavy (non-hydrogen) atoms. The first-order valence-electron chi connectivity index (χ1n) is 5.10. The molecule has 0 bridgehead atoms. The third-order valence-corrected chi connectivity index (χ3v) is 3.86. The van der Waals surface area contributed by atoms with Crippen LogP contribution in [0.4, 0.5) is 0 Å². The Labute approximate surface area is 119 Å². The molecular formula is C11H12BrClO4S. The third kappa shape index (κ3) is 4.96. The first-order chi connectivity index (χ1) is 8.32. The summed E-state index contributed by atoms with van der Waals surface area (Å²) in [6.45, 7) is 1.33. The van der Waals surface area contributed by atoms with Crippen LogP contribution >= 0.6 is 26.6 Å². The molecule has 100 valence electrons. The Kier molecular flexibility index (Phi) is 5.62. The zero-order chi connectivity index (χ0) is 13.8. The van der Waals surface area contributed by atoms with E-state index in [1.165, 1.54) is 19.1 Å². The Bertz CT molecular complexity index is 542. The van der Waals surface area contributed by atoms with Gasteiger partial charge in [0.05, 0.1) is 4.90 Å². The molecule has 0 aromatic heterocycles. The van der Waals surface area contributed by atoms with E-state index in [4.69, 9.17) is 15.4 Å². The largest absolute Gasteiger partial charge is 0.461 e. The van der Waals surface area contributed by atoms with Gasteiger partial charge in [-0.05, 0) is 29.7 Å². The first-order valence-corrected chi connectivity index (χ1v) is 8.53. The molecule has 0 aliphatic carbocycles. The number of hydrogen-bond acceptors (Lipinski definition) is 4. The van der Waals surface area contributed by atoms with Crippen molar-refractivity contribution in [2.24, 2.45) is 0 Å². The quantitative estimate of drug-likeness (QED) is 0.463. The maximum absolute atomic E-state index is 11.3. The van der Waals surface area contributed by atoms with Crippen LogP contribution in [0.3, 0.4) is 0 Å². The zero-order valence-corrected chi connectivity index (χ0v) is 12.8. The van der Waals surface area contributed by atoms with E-state index < -0.39 is 15.0 Å². The molecule has 0 aliphatic rings. The molecule has 7 heteroatoms. The Balaban J connectivity index is 3.10. The third-order valence-electron chi connectivity index (χ3n) is 2.13. The van der Waals surface area contributed by atoms with Gasteiger partial charge in [-0.1, -0.05) is 22.0 Å². The lowest BCUT2D eigenvalue weighted by molar-refractivity contribution is -0.142. The lowest BCUT2D eigenvalue weighted by atomic mass is 10.1. The summed E-state index contributed by atoms with van der Waals surface area (Å²) in [4.78, 5) is 10.8. The van der Waals surface area contributed by atoms with E-state index in [0.717, 1.165) is 5.56 Å². The molecule has 1 aromatic carbocycles. The van der Waals surface area contributed by atoms with Gasteiger partial charge in [-0.2, -0.15) is 0 Å². The van der Waals surface area contributed by atoms with Crippen LogP contribution < -0.4 is 0 Å². The molecule has 0 saturated carbocycles. The average Bonchev–Trinajstić information content (AvgIpc) is 2.25. The van der Waals surface area contributed by atoms with Crippen LogP contribution in [0.1, 0.15) is 18.1 Å². The van der Waals surface area contributed by atoms with Gasteiger partial charge in [0.25, 0.3) is 9.05 Å². The number of aryl methyl sites for hydroxylation is 1. The summed E-state index contributed by atoms with van der Waals surface area (Å²) in [5.41, 5.74) is 1.42. The van der Waals surface area contributed by atoms with E-state index in [2.05, 4.69) is 15.9 Å². The number of carbonyl (C=O) groups is 1. The molecule has 0 heterocycles. The van der Waals surface area contributed by atoms with Gasteiger partial charge in [0.15, 0.2) is 0 Å². The number of alkyl halides is 1. The fourth-order valence-electron chi connectivity index (χ4n) is 1.39. The van der Waals surface area contributed by atoms with Gasteiger partial charge in [-0.25, -0.2) is 8.42 Å². The predicted molar refractivity (Wildman–Crippen MR) is 72.4 cm³/mol. The van der Waals surface area contributed by atoms with Crippen LogP contribution in [0, 0.1) is 0 Å². The van der Waals surface area contributed by atoms with Crippen molar-refractivity contribution in [1.29, 1.82) is 0 Å². The number of ether oxygens (including phenoxy) is 1. The minimum absolute atomic E-state index is 0.0183. The average molecular weight is 356 g/mol. The van der Waals surface area contributed by atoms with Crippen molar-refractivity contribution in [3.63, 3.8) is 0 Å². The Morgan fingerprint density at radius 2 is 1.94 bits per heavy atom. The number of hydrogen-bond donors (Lipinski definition) is 0. The van der Waals surface area contributed by atoms with Gasteiger partial charge in [-0.15, -0.1) is 0 Å². The molecule has 0 aliphatic heterocycles. The summed E-state index contributed by atoms with van der Waals surface area (Å²) in [5.74, 6) is -0.420. The standard InChI is InChI=1S/C11H12BrClO4S/c1-8(14)17-7-10-4-9(2-3-12)5-11(6-10)18(13,15)16/h4-6H,2-3,7H2,1H3. The zero-order valence-electron chi connectivity index (χ0n) is 9.65. The van der Waals surface area contributed by atoms with Gasteiger partial charge < -0.3 is 4.74 Å². The molecule has 0 unspecified atom stereocenters.